The Balaban J connectivity index is 0.000000117. The topological polar surface area (TPSA) is 82.3 Å². The Bertz CT molecular complexity index is 5390. The number of benzene rings is 14. The zero-order valence-corrected chi connectivity index (χ0v) is 47.7. The van der Waals surface area contributed by atoms with Crippen molar-refractivity contribution < 1.29 is 0 Å². The number of hydrogen-bond acceptors (Lipinski definition) is 6. The molecule has 14 aromatic carbocycles. The summed E-state index contributed by atoms with van der Waals surface area (Å²) >= 11 is 5.99. The molecule has 0 saturated carbocycles. The van der Waals surface area contributed by atoms with E-state index in [0.29, 0.717) is 29.2 Å². The quantitative estimate of drug-likeness (QED) is 0.160. The molecule has 0 N–H and O–H groups in total. The average Bonchev–Trinajstić information content (AvgIpc) is 1.67. The minimum atomic E-state index is 0.202. The van der Waals surface area contributed by atoms with Gasteiger partial charge in [0, 0.05) is 38.4 Å². The van der Waals surface area contributed by atoms with E-state index in [1.807, 2.05) is 97.1 Å². The number of hydrogen-bond donors (Lipinski definition) is 0. The van der Waals surface area contributed by atoms with E-state index in [-0.39, 0.29) is 5.28 Å². The number of halogens is 1. The van der Waals surface area contributed by atoms with Crippen molar-refractivity contribution in [1.82, 2.24) is 34.5 Å². The monoisotopic (exact) mass is 1130 g/mol. The maximum atomic E-state index is 5.99. The van der Waals surface area contributed by atoms with Crippen LogP contribution in [0.2, 0.25) is 5.28 Å². The largest absolute Gasteiger partial charge is 0.277 e. The van der Waals surface area contributed by atoms with Crippen molar-refractivity contribution in [2.24, 2.45) is 0 Å². The van der Waals surface area contributed by atoms with E-state index in [9.17, 15) is 0 Å². The molecule has 1 aliphatic rings. The van der Waals surface area contributed by atoms with Gasteiger partial charge in [0.1, 0.15) is 0 Å². The van der Waals surface area contributed by atoms with E-state index >= 15 is 0 Å². The van der Waals surface area contributed by atoms with Crippen LogP contribution < -0.4 is 0 Å². The summed E-state index contributed by atoms with van der Waals surface area (Å²) in [6, 6.07) is 101. The maximum Gasteiger partial charge on any atom is 0.238 e. The third-order valence-corrected chi connectivity index (χ3v) is 16.9. The fourth-order valence-corrected chi connectivity index (χ4v) is 13.1. The SMILES string of the molecule is Clc1nc(-c2ccccc2)nc(-c2ccccc2)n1.c1ccc(-c2nc(-c3ccccc3)nc(-n3c4ccccc4c4c5ccccc5c5c6ccccc6ccc5c43)n2)cc1.c1ccc2c(c1)Cc1c-2c2ccccc2c2c1ccc1ccccc12. The molecule has 0 fully saturated rings. The van der Waals surface area contributed by atoms with Crippen molar-refractivity contribution in [2.75, 3.05) is 0 Å². The highest BCUT2D eigenvalue weighted by atomic mass is 35.5. The normalized spacial score (nSPS) is 11.7. The predicted molar refractivity (Wildman–Crippen MR) is 360 cm³/mol. The smallest absolute Gasteiger partial charge is 0.238 e. The van der Waals surface area contributed by atoms with Crippen molar-refractivity contribution in [3.8, 4) is 62.6 Å². The van der Waals surface area contributed by atoms with Crippen LogP contribution in [0.15, 0.2) is 291 Å². The van der Waals surface area contributed by atoms with E-state index in [0.717, 1.165) is 39.7 Å². The molecule has 0 unspecified atom stereocenters. The lowest BCUT2D eigenvalue weighted by atomic mass is 9.89. The molecular weight excluding hydrogens is 1080 g/mol. The highest BCUT2D eigenvalue weighted by Gasteiger charge is 2.26. The zero-order valence-electron chi connectivity index (χ0n) is 46.9. The molecule has 8 heteroatoms. The molecule has 3 aromatic heterocycles. The van der Waals surface area contributed by atoms with Crippen molar-refractivity contribution in [2.45, 2.75) is 6.42 Å². The van der Waals surface area contributed by atoms with Crippen LogP contribution in [-0.2, 0) is 6.42 Å². The Morgan fingerprint density at radius 3 is 1.22 bits per heavy atom. The van der Waals surface area contributed by atoms with Gasteiger partial charge in [0.25, 0.3) is 0 Å². The Morgan fingerprint density at radius 2 is 0.678 bits per heavy atom. The van der Waals surface area contributed by atoms with Gasteiger partial charge < -0.3 is 0 Å². The van der Waals surface area contributed by atoms with Gasteiger partial charge in [0.05, 0.1) is 11.0 Å². The molecule has 0 radical (unpaired) electrons. The lowest BCUT2D eigenvalue weighted by Crippen LogP contribution is -2.06. The van der Waals surface area contributed by atoms with Gasteiger partial charge in [-0.15, -0.1) is 0 Å². The summed E-state index contributed by atoms with van der Waals surface area (Å²) in [6.45, 7) is 0. The second-order valence-electron chi connectivity index (χ2n) is 21.8. The number of fused-ring (bicyclic) bond motifs is 20. The van der Waals surface area contributed by atoms with Crippen molar-refractivity contribution >= 4 is 98.0 Å². The first-order valence-electron chi connectivity index (χ1n) is 29.2. The summed E-state index contributed by atoms with van der Waals surface area (Å²) in [7, 11) is 0. The molecule has 1 aliphatic carbocycles. The van der Waals surface area contributed by atoms with Gasteiger partial charge in [0.15, 0.2) is 23.3 Å². The zero-order chi connectivity index (χ0) is 57.8. The van der Waals surface area contributed by atoms with Gasteiger partial charge in [-0.2, -0.15) is 19.9 Å². The van der Waals surface area contributed by atoms with Crippen LogP contribution in [0.3, 0.4) is 0 Å². The number of aromatic nitrogens is 7. The van der Waals surface area contributed by atoms with E-state index in [1.165, 1.54) is 97.7 Å². The van der Waals surface area contributed by atoms with Gasteiger partial charge in [-0.3, -0.25) is 4.57 Å². The number of nitrogens with zero attached hydrogens (tertiary/aromatic N) is 7. The molecule has 7 nitrogen and oxygen atoms in total. The fraction of sp³-hybridized carbons (Fsp3) is 0.0127. The van der Waals surface area contributed by atoms with Crippen LogP contribution in [-0.4, -0.2) is 34.5 Å². The molecular formula is C79H50ClN7. The van der Waals surface area contributed by atoms with Crippen molar-refractivity contribution in [3.63, 3.8) is 0 Å². The van der Waals surface area contributed by atoms with Crippen LogP contribution in [0, 0.1) is 0 Å². The first-order chi connectivity index (χ1) is 43.1. The number of para-hydroxylation sites is 1. The predicted octanol–water partition coefficient (Wildman–Crippen LogP) is 20.3. The van der Waals surface area contributed by atoms with Crippen LogP contribution in [0.4, 0.5) is 0 Å². The molecule has 0 bridgehead atoms. The lowest BCUT2D eigenvalue weighted by Gasteiger charge is -2.14. The van der Waals surface area contributed by atoms with E-state index in [4.69, 9.17) is 26.6 Å². The first-order valence-corrected chi connectivity index (χ1v) is 29.6. The van der Waals surface area contributed by atoms with Gasteiger partial charge in [-0.1, -0.05) is 285 Å². The summed E-state index contributed by atoms with van der Waals surface area (Å²) in [5.74, 6) is 3.06. The summed E-state index contributed by atoms with van der Waals surface area (Å²) in [5, 5.41) is 18.1. The Hall–Kier alpha value is -11.3. The minimum Gasteiger partial charge on any atom is -0.277 e. The Labute approximate surface area is 506 Å². The van der Waals surface area contributed by atoms with Crippen LogP contribution in [0.1, 0.15) is 11.1 Å². The summed E-state index contributed by atoms with van der Waals surface area (Å²) < 4.78 is 2.24. The first kappa shape index (κ1) is 51.4. The van der Waals surface area contributed by atoms with E-state index in [1.54, 1.807) is 0 Å². The Morgan fingerprint density at radius 1 is 0.287 bits per heavy atom. The summed E-state index contributed by atoms with van der Waals surface area (Å²) in [6.07, 6.45) is 1.03. The third kappa shape index (κ3) is 9.08. The molecule has 0 saturated heterocycles. The highest BCUT2D eigenvalue weighted by molar-refractivity contribution is 6.36. The summed E-state index contributed by atoms with van der Waals surface area (Å²) in [4.78, 5) is 28.1. The maximum absolute atomic E-state index is 5.99. The minimum absolute atomic E-state index is 0.202. The molecule has 408 valence electrons. The molecule has 0 spiro atoms. The number of rotatable bonds is 5. The molecule has 0 aliphatic heterocycles. The van der Waals surface area contributed by atoms with Gasteiger partial charge in [0.2, 0.25) is 11.2 Å². The van der Waals surface area contributed by atoms with E-state index in [2.05, 4.69) is 214 Å². The highest BCUT2D eigenvalue weighted by Crippen LogP contribution is 2.48. The van der Waals surface area contributed by atoms with Crippen LogP contribution >= 0.6 is 11.6 Å². The molecule has 0 atom stereocenters. The van der Waals surface area contributed by atoms with Crippen molar-refractivity contribution in [3.05, 3.63) is 308 Å². The molecule has 3 heterocycles. The lowest BCUT2D eigenvalue weighted by molar-refractivity contribution is 0.955. The second-order valence-corrected chi connectivity index (χ2v) is 22.1. The standard InChI is InChI=1S/C39H24N4.C25H16.C15H10ClN3/c1-3-14-26(15-4-1)37-40-38(27-16-5-2-6-17-27)42-39(41-37)43-33-22-12-11-21-31(33)35-30-20-10-9-19-29(30)34-28-18-8-7-13-25(28)23-24-32(34)36(35)43;1-3-9-18-16(7-1)13-14-22-23-15-17-8-2-4-10-19(17)25(23)21-12-6-5-11-20(21)24(18)22;16-15-18-13(11-7-3-1-4-8-11)17-14(19-15)12-9-5-2-6-10-12/h1-24H;1-14H,15H2;1-10H. The van der Waals surface area contributed by atoms with Crippen LogP contribution in [0.25, 0.3) is 149 Å². The third-order valence-electron chi connectivity index (χ3n) is 16.8. The molecule has 18 rings (SSSR count). The second kappa shape index (κ2) is 21.7. The fourth-order valence-electron chi connectivity index (χ4n) is 13.0. The average molecular weight is 1130 g/mol. The van der Waals surface area contributed by atoms with Crippen molar-refractivity contribution in [1.29, 1.82) is 0 Å². The van der Waals surface area contributed by atoms with E-state index < -0.39 is 0 Å². The van der Waals surface area contributed by atoms with Gasteiger partial charge in [-0.25, -0.2) is 9.97 Å². The Kier molecular flexibility index (Phi) is 12.8. The molecule has 0 amide bonds. The molecule has 87 heavy (non-hydrogen) atoms. The van der Waals surface area contributed by atoms with Gasteiger partial charge >= 0.3 is 0 Å². The summed E-state index contributed by atoms with van der Waals surface area (Å²) in [5.41, 5.74) is 11.7. The molecule has 17 aromatic rings. The van der Waals surface area contributed by atoms with Gasteiger partial charge in [-0.05, 0) is 106 Å². The van der Waals surface area contributed by atoms with Crippen LogP contribution in [0.5, 0.6) is 0 Å².